The Balaban J connectivity index is 2.24. The Morgan fingerprint density at radius 3 is 2.53 bits per heavy atom. The Morgan fingerprint density at radius 1 is 1.26 bits per heavy atom. The Kier molecular flexibility index (Phi) is 4.66. The van der Waals surface area contributed by atoms with Crippen LogP contribution < -0.4 is 10.6 Å². The molecule has 2 nitrogen and oxygen atoms in total. The second-order valence-electron chi connectivity index (χ2n) is 4.80. The summed E-state index contributed by atoms with van der Waals surface area (Å²) in [6.45, 7) is 4.22. The molecule has 1 aromatic carbocycles. The van der Waals surface area contributed by atoms with Crippen LogP contribution >= 0.6 is 27.3 Å². The maximum atomic E-state index is 5.94. The molecule has 1 aromatic heterocycles. The van der Waals surface area contributed by atoms with Crippen LogP contribution in [0.2, 0.25) is 0 Å². The SMILES string of the molecule is CC(N)c1ccc(N(C)C(C)c2cccs2)cc1Br. The lowest BCUT2D eigenvalue weighted by Crippen LogP contribution is -2.21. The van der Waals surface area contributed by atoms with Gasteiger partial charge in [0.15, 0.2) is 0 Å². The van der Waals surface area contributed by atoms with Crippen LogP contribution in [-0.4, -0.2) is 7.05 Å². The highest BCUT2D eigenvalue weighted by Crippen LogP contribution is 2.32. The summed E-state index contributed by atoms with van der Waals surface area (Å²) in [5.74, 6) is 0. The van der Waals surface area contributed by atoms with Gasteiger partial charge in [-0.25, -0.2) is 0 Å². The van der Waals surface area contributed by atoms with E-state index in [1.54, 1.807) is 11.3 Å². The second-order valence-corrected chi connectivity index (χ2v) is 6.63. The summed E-state index contributed by atoms with van der Waals surface area (Å²) in [4.78, 5) is 3.65. The number of rotatable bonds is 4. The van der Waals surface area contributed by atoms with Gasteiger partial charge in [0, 0.05) is 28.1 Å². The molecule has 2 atom stereocenters. The highest BCUT2D eigenvalue weighted by atomic mass is 79.9. The van der Waals surface area contributed by atoms with Crippen molar-refractivity contribution in [1.82, 2.24) is 0 Å². The number of anilines is 1. The summed E-state index contributed by atoms with van der Waals surface area (Å²) < 4.78 is 1.07. The molecule has 4 heteroatoms. The number of nitrogens with zero attached hydrogens (tertiary/aromatic N) is 1. The van der Waals surface area contributed by atoms with E-state index in [1.165, 1.54) is 10.6 Å². The fraction of sp³-hybridized carbons (Fsp3) is 0.333. The van der Waals surface area contributed by atoms with Crippen LogP contribution in [-0.2, 0) is 0 Å². The molecule has 2 unspecified atom stereocenters. The molecule has 0 radical (unpaired) electrons. The Bertz CT molecular complexity index is 537. The summed E-state index contributed by atoms with van der Waals surface area (Å²) in [5, 5.41) is 2.12. The van der Waals surface area contributed by atoms with Gasteiger partial charge in [-0.2, -0.15) is 0 Å². The molecule has 2 rings (SSSR count). The van der Waals surface area contributed by atoms with E-state index in [-0.39, 0.29) is 6.04 Å². The predicted octanol–water partition coefficient (Wildman–Crippen LogP) is 4.73. The van der Waals surface area contributed by atoms with Gasteiger partial charge in [0.1, 0.15) is 0 Å². The molecule has 0 aliphatic rings. The monoisotopic (exact) mass is 338 g/mol. The van der Waals surface area contributed by atoms with Gasteiger partial charge in [-0.1, -0.05) is 28.1 Å². The van der Waals surface area contributed by atoms with Crippen molar-refractivity contribution in [2.24, 2.45) is 5.73 Å². The van der Waals surface area contributed by atoms with E-state index in [2.05, 4.69) is 70.5 Å². The Hall–Kier alpha value is -0.840. The van der Waals surface area contributed by atoms with Gasteiger partial charge in [-0.05, 0) is 43.0 Å². The molecule has 2 N–H and O–H groups in total. The van der Waals surface area contributed by atoms with Crippen molar-refractivity contribution in [2.45, 2.75) is 25.9 Å². The smallest absolute Gasteiger partial charge is 0.0603 e. The minimum Gasteiger partial charge on any atom is -0.367 e. The molecule has 1 heterocycles. The van der Waals surface area contributed by atoms with E-state index in [0.29, 0.717) is 6.04 Å². The predicted molar refractivity (Wildman–Crippen MR) is 87.9 cm³/mol. The van der Waals surface area contributed by atoms with Crippen molar-refractivity contribution in [3.63, 3.8) is 0 Å². The summed E-state index contributed by atoms with van der Waals surface area (Å²) >= 11 is 5.40. The van der Waals surface area contributed by atoms with Crippen molar-refractivity contribution in [1.29, 1.82) is 0 Å². The summed E-state index contributed by atoms with van der Waals surface area (Å²) in [5.41, 5.74) is 8.27. The van der Waals surface area contributed by atoms with E-state index >= 15 is 0 Å². The number of benzene rings is 1. The number of thiophene rings is 1. The summed E-state index contributed by atoms with van der Waals surface area (Å²) in [6, 6.07) is 11.1. The first-order valence-corrected chi connectivity index (χ1v) is 7.99. The van der Waals surface area contributed by atoms with Gasteiger partial charge in [-0.15, -0.1) is 11.3 Å². The zero-order chi connectivity index (χ0) is 14.0. The third-order valence-electron chi connectivity index (χ3n) is 3.42. The van der Waals surface area contributed by atoms with Gasteiger partial charge in [-0.3, -0.25) is 0 Å². The molecular weight excluding hydrogens is 320 g/mol. The molecule has 0 aliphatic heterocycles. The quantitative estimate of drug-likeness (QED) is 0.873. The first kappa shape index (κ1) is 14.6. The van der Waals surface area contributed by atoms with E-state index in [0.717, 1.165) is 10.0 Å². The second kappa shape index (κ2) is 6.07. The third-order valence-corrected chi connectivity index (χ3v) is 5.15. The van der Waals surface area contributed by atoms with Gasteiger partial charge in [0.2, 0.25) is 0 Å². The zero-order valence-corrected chi connectivity index (χ0v) is 13.8. The Morgan fingerprint density at radius 2 is 2.00 bits per heavy atom. The first-order valence-electron chi connectivity index (χ1n) is 6.32. The average molecular weight is 339 g/mol. The van der Waals surface area contributed by atoms with Crippen LogP contribution in [0.1, 0.15) is 36.4 Å². The zero-order valence-electron chi connectivity index (χ0n) is 11.4. The van der Waals surface area contributed by atoms with Crippen LogP contribution in [0, 0.1) is 0 Å². The maximum Gasteiger partial charge on any atom is 0.0603 e. The van der Waals surface area contributed by atoms with E-state index in [1.807, 2.05) is 6.92 Å². The first-order chi connectivity index (χ1) is 9.00. The van der Waals surface area contributed by atoms with Crippen LogP contribution in [0.5, 0.6) is 0 Å². The Labute approximate surface area is 127 Å². The molecule has 0 saturated heterocycles. The highest BCUT2D eigenvalue weighted by molar-refractivity contribution is 9.10. The lowest BCUT2D eigenvalue weighted by atomic mass is 10.1. The molecule has 102 valence electrons. The molecule has 0 fully saturated rings. The van der Waals surface area contributed by atoms with Crippen LogP contribution in [0.15, 0.2) is 40.2 Å². The van der Waals surface area contributed by atoms with Crippen molar-refractivity contribution in [3.8, 4) is 0 Å². The van der Waals surface area contributed by atoms with Crippen molar-refractivity contribution in [2.75, 3.05) is 11.9 Å². The van der Waals surface area contributed by atoms with Gasteiger partial charge in [0.05, 0.1) is 6.04 Å². The molecule has 2 aromatic rings. The highest BCUT2D eigenvalue weighted by Gasteiger charge is 2.14. The lowest BCUT2D eigenvalue weighted by molar-refractivity contribution is 0.752. The lowest BCUT2D eigenvalue weighted by Gasteiger charge is -2.27. The topological polar surface area (TPSA) is 29.3 Å². The van der Waals surface area contributed by atoms with Gasteiger partial charge in [0.25, 0.3) is 0 Å². The molecule has 19 heavy (non-hydrogen) atoms. The number of nitrogens with two attached hydrogens (primary N) is 1. The van der Waals surface area contributed by atoms with E-state index in [9.17, 15) is 0 Å². The van der Waals surface area contributed by atoms with Gasteiger partial charge < -0.3 is 10.6 Å². The van der Waals surface area contributed by atoms with E-state index < -0.39 is 0 Å². The third kappa shape index (κ3) is 3.19. The molecule has 0 spiro atoms. The van der Waals surface area contributed by atoms with Crippen molar-refractivity contribution < 1.29 is 0 Å². The summed E-state index contributed by atoms with van der Waals surface area (Å²) in [7, 11) is 2.12. The fourth-order valence-corrected chi connectivity index (χ4v) is 3.60. The largest absolute Gasteiger partial charge is 0.367 e. The number of halogens is 1. The maximum absolute atomic E-state index is 5.94. The number of hydrogen-bond donors (Lipinski definition) is 1. The van der Waals surface area contributed by atoms with Gasteiger partial charge >= 0.3 is 0 Å². The van der Waals surface area contributed by atoms with Crippen LogP contribution in [0.3, 0.4) is 0 Å². The molecule has 0 saturated carbocycles. The minimum absolute atomic E-state index is 0.0449. The van der Waals surface area contributed by atoms with E-state index in [4.69, 9.17) is 5.73 Å². The molecule has 0 amide bonds. The van der Waals surface area contributed by atoms with Crippen molar-refractivity contribution >= 4 is 33.0 Å². The minimum atomic E-state index is 0.0449. The molecule has 0 aliphatic carbocycles. The van der Waals surface area contributed by atoms with Crippen molar-refractivity contribution in [3.05, 3.63) is 50.6 Å². The molecule has 0 bridgehead atoms. The number of hydrogen-bond acceptors (Lipinski definition) is 3. The van der Waals surface area contributed by atoms with Crippen LogP contribution in [0.4, 0.5) is 5.69 Å². The average Bonchev–Trinajstić information content (AvgIpc) is 2.90. The fourth-order valence-electron chi connectivity index (χ4n) is 2.05. The standard InChI is InChI=1S/C15H19BrN2S/c1-10(17)13-7-6-12(9-14(13)16)18(3)11(2)15-5-4-8-19-15/h4-11H,17H2,1-3H3. The molecular formula is C15H19BrN2S. The summed E-state index contributed by atoms with van der Waals surface area (Å²) in [6.07, 6.45) is 0. The normalized spacial score (nSPS) is 14.2. The van der Waals surface area contributed by atoms with Crippen LogP contribution in [0.25, 0.3) is 0 Å².